The Kier molecular flexibility index (Phi) is 3.51. The molecule has 0 bridgehead atoms. The molecule has 6 heteroatoms. The number of hydrogen-bond acceptors (Lipinski definition) is 2. The van der Waals surface area contributed by atoms with Crippen LogP contribution in [0.5, 0.6) is 0 Å². The van der Waals surface area contributed by atoms with Crippen LogP contribution in [0.1, 0.15) is 28.0 Å². The lowest BCUT2D eigenvalue weighted by molar-refractivity contribution is 0.0676. The van der Waals surface area contributed by atoms with Gasteiger partial charge >= 0.3 is 5.97 Å². The lowest BCUT2D eigenvalue weighted by Crippen LogP contribution is -2.08. The predicted octanol–water partition coefficient (Wildman–Crippen LogP) is 2.61. The minimum atomic E-state index is -2.83. The van der Waals surface area contributed by atoms with Gasteiger partial charge in [0.15, 0.2) is 5.69 Å². The highest BCUT2D eigenvalue weighted by molar-refractivity contribution is 9.08. The zero-order chi connectivity index (χ0) is 10.7. The monoisotopic (exact) mass is 265 g/mol. The summed E-state index contributed by atoms with van der Waals surface area (Å²) in [5.41, 5.74) is -0.860. The van der Waals surface area contributed by atoms with Crippen molar-refractivity contribution in [1.29, 1.82) is 0 Å². The van der Waals surface area contributed by atoms with Gasteiger partial charge in [-0.05, 0) is 11.6 Å². The minimum absolute atomic E-state index is 0.176. The van der Waals surface area contributed by atoms with Gasteiger partial charge in [-0.1, -0.05) is 15.9 Å². The third-order valence-corrected chi connectivity index (χ3v) is 2.25. The smallest absolute Gasteiger partial charge is 0.354 e. The van der Waals surface area contributed by atoms with Crippen LogP contribution in [-0.4, -0.2) is 16.1 Å². The van der Waals surface area contributed by atoms with E-state index in [9.17, 15) is 13.6 Å². The molecule has 0 atom stereocenters. The maximum atomic E-state index is 12.5. The van der Waals surface area contributed by atoms with Crippen molar-refractivity contribution in [3.63, 3.8) is 0 Å². The van der Waals surface area contributed by atoms with E-state index in [2.05, 4.69) is 20.9 Å². The molecule has 0 unspecified atom stereocenters. The molecule has 0 spiro atoms. The maximum absolute atomic E-state index is 12.5. The Morgan fingerprint density at radius 3 is 2.71 bits per heavy atom. The summed E-state index contributed by atoms with van der Waals surface area (Å²) in [5.74, 6) is -1.44. The summed E-state index contributed by atoms with van der Waals surface area (Å²) in [6.07, 6.45) is -1.63. The number of hydrogen-bond donors (Lipinski definition) is 1. The first-order valence-corrected chi connectivity index (χ1v) is 4.75. The molecule has 0 aliphatic carbocycles. The Labute approximate surface area is 86.9 Å². The van der Waals surface area contributed by atoms with Crippen LogP contribution in [0.4, 0.5) is 8.78 Å². The van der Waals surface area contributed by atoms with Crippen LogP contribution in [0.15, 0.2) is 12.3 Å². The molecule has 1 aromatic rings. The van der Waals surface area contributed by atoms with Crippen molar-refractivity contribution < 1.29 is 18.7 Å². The average molecular weight is 266 g/mol. The number of rotatable bonds is 3. The fourth-order valence-corrected chi connectivity index (χ4v) is 1.53. The van der Waals surface area contributed by atoms with Crippen molar-refractivity contribution in [1.82, 2.24) is 4.98 Å². The molecule has 1 heterocycles. The Morgan fingerprint density at radius 1 is 1.64 bits per heavy atom. The van der Waals surface area contributed by atoms with Gasteiger partial charge in [0, 0.05) is 11.5 Å². The first-order chi connectivity index (χ1) is 6.57. The van der Waals surface area contributed by atoms with E-state index < -0.39 is 23.7 Å². The van der Waals surface area contributed by atoms with Gasteiger partial charge in [0.1, 0.15) is 0 Å². The second kappa shape index (κ2) is 4.45. The highest BCUT2D eigenvalue weighted by atomic mass is 79.9. The third kappa shape index (κ3) is 2.06. The molecule has 1 N–H and O–H groups in total. The number of carboxylic acids is 1. The molecule has 0 aromatic carbocycles. The van der Waals surface area contributed by atoms with E-state index in [-0.39, 0.29) is 10.9 Å². The normalized spacial score (nSPS) is 10.6. The second-order valence-corrected chi connectivity index (χ2v) is 3.03. The largest absolute Gasteiger partial charge is 0.476 e. The van der Waals surface area contributed by atoms with Crippen molar-refractivity contribution in [2.75, 3.05) is 0 Å². The van der Waals surface area contributed by atoms with Crippen LogP contribution in [0.2, 0.25) is 0 Å². The van der Waals surface area contributed by atoms with E-state index >= 15 is 0 Å². The lowest BCUT2D eigenvalue weighted by atomic mass is 10.1. The summed E-state index contributed by atoms with van der Waals surface area (Å²) in [4.78, 5) is 14.0. The van der Waals surface area contributed by atoms with E-state index in [0.717, 1.165) is 0 Å². The van der Waals surface area contributed by atoms with Crippen LogP contribution in [0.25, 0.3) is 0 Å². The number of nitrogens with zero attached hydrogens (tertiary/aromatic N) is 1. The summed E-state index contributed by atoms with van der Waals surface area (Å²) in [6, 6.07) is 1.36. The fraction of sp³-hybridized carbons (Fsp3) is 0.250. The van der Waals surface area contributed by atoms with Gasteiger partial charge in [-0.3, -0.25) is 0 Å². The fourth-order valence-electron chi connectivity index (χ4n) is 1.04. The van der Waals surface area contributed by atoms with Gasteiger partial charge in [-0.2, -0.15) is 0 Å². The number of halogens is 3. The zero-order valence-corrected chi connectivity index (χ0v) is 8.46. The highest BCUT2D eigenvalue weighted by Gasteiger charge is 2.22. The molecular weight excluding hydrogens is 260 g/mol. The van der Waals surface area contributed by atoms with Crippen molar-refractivity contribution in [2.45, 2.75) is 11.8 Å². The first kappa shape index (κ1) is 11.0. The van der Waals surface area contributed by atoms with Gasteiger partial charge in [-0.15, -0.1) is 0 Å². The molecule has 14 heavy (non-hydrogen) atoms. The average Bonchev–Trinajstić information content (AvgIpc) is 2.16. The van der Waals surface area contributed by atoms with E-state index in [1.54, 1.807) is 0 Å². The second-order valence-electron chi connectivity index (χ2n) is 2.47. The van der Waals surface area contributed by atoms with Gasteiger partial charge in [-0.25, -0.2) is 18.6 Å². The summed E-state index contributed by atoms with van der Waals surface area (Å²) in [7, 11) is 0. The van der Waals surface area contributed by atoms with E-state index in [1.165, 1.54) is 12.3 Å². The molecule has 3 nitrogen and oxygen atoms in total. The number of alkyl halides is 3. The minimum Gasteiger partial charge on any atom is -0.476 e. The Morgan fingerprint density at radius 2 is 2.29 bits per heavy atom. The topological polar surface area (TPSA) is 50.2 Å². The molecular formula is C8H6BrF2NO2. The van der Waals surface area contributed by atoms with Gasteiger partial charge in [0.2, 0.25) is 0 Å². The number of carbonyl (C=O) groups is 1. The molecule has 0 aliphatic rings. The molecule has 0 radical (unpaired) electrons. The van der Waals surface area contributed by atoms with E-state index in [0.29, 0.717) is 0 Å². The SMILES string of the molecule is O=C(O)c1nccc(CBr)c1C(F)F. The van der Waals surface area contributed by atoms with Crippen molar-refractivity contribution in [3.05, 3.63) is 29.1 Å². The molecule has 0 aliphatic heterocycles. The van der Waals surface area contributed by atoms with Crippen LogP contribution < -0.4 is 0 Å². The van der Waals surface area contributed by atoms with Crippen molar-refractivity contribution in [3.8, 4) is 0 Å². The molecule has 1 aromatic heterocycles. The lowest BCUT2D eigenvalue weighted by Gasteiger charge is -2.08. The maximum Gasteiger partial charge on any atom is 0.354 e. The number of aromatic carboxylic acids is 1. The zero-order valence-electron chi connectivity index (χ0n) is 6.88. The summed E-state index contributed by atoms with van der Waals surface area (Å²) >= 11 is 3.01. The van der Waals surface area contributed by atoms with Crippen LogP contribution >= 0.6 is 15.9 Å². The van der Waals surface area contributed by atoms with Gasteiger partial charge in [0.25, 0.3) is 6.43 Å². The van der Waals surface area contributed by atoms with E-state index in [4.69, 9.17) is 5.11 Å². The Balaban J connectivity index is 3.35. The Hall–Kier alpha value is -1.04. The number of pyridine rings is 1. The molecule has 0 amide bonds. The number of carboxylic acid groups (broad SMARTS) is 1. The Bertz CT molecular complexity index is 357. The third-order valence-electron chi connectivity index (χ3n) is 1.65. The molecule has 0 fully saturated rings. The standard InChI is InChI=1S/C8H6BrF2NO2/c9-3-4-1-2-12-6(8(13)14)5(4)7(10)11/h1-2,7H,3H2,(H,13,14). The van der Waals surface area contributed by atoms with Crippen LogP contribution in [-0.2, 0) is 5.33 Å². The first-order valence-electron chi connectivity index (χ1n) is 3.63. The number of aromatic nitrogens is 1. The van der Waals surface area contributed by atoms with Crippen molar-refractivity contribution in [2.24, 2.45) is 0 Å². The van der Waals surface area contributed by atoms with E-state index in [1.807, 2.05) is 0 Å². The van der Waals surface area contributed by atoms with Crippen LogP contribution in [0.3, 0.4) is 0 Å². The molecule has 0 saturated heterocycles. The predicted molar refractivity (Wildman–Crippen MR) is 48.8 cm³/mol. The van der Waals surface area contributed by atoms with Crippen LogP contribution in [0, 0.1) is 0 Å². The molecule has 0 saturated carbocycles. The molecule has 1 rings (SSSR count). The van der Waals surface area contributed by atoms with Gasteiger partial charge in [0.05, 0.1) is 5.56 Å². The summed E-state index contributed by atoms with van der Waals surface area (Å²) in [6.45, 7) is 0. The summed E-state index contributed by atoms with van der Waals surface area (Å²) in [5, 5.41) is 8.80. The molecule has 76 valence electrons. The summed E-state index contributed by atoms with van der Waals surface area (Å²) < 4.78 is 25.0. The highest BCUT2D eigenvalue weighted by Crippen LogP contribution is 2.26. The van der Waals surface area contributed by atoms with Crippen molar-refractivity contribution >= 4 is 21.9 Å². The quantitative estimate of drug-likeness (QED) is 0.855. The van der Waals surface area contributed by atoms with Gasteiger partial charge < -0.3 is 5.11 Å².